The summed E-state index contributed by atoms with van der Waals surface area (Å²) < 4.78 is 29.7. The number of ketones is 2. The summed E-state index contributed by atoms with van der Waals surface area (Å²) in [6.07, 6.45) is 4.93. The van der Waals surface area contributed by atoms with E-state index in [4.69, 9.17) is 23.7 Å². The summed E-state index contributed by atoms with van der Waals surface area (Å²) in [6.45, 7) is 13.1. The fourth-order valence-electron chi connectivity index (χ4n) is 9.42. The van der Waals surface area contributed by atoms with Crippen LogP contribution in [0.3, 0.4) is 0 Å². The Morgan fingerprint density at radius 2 is 1.60 bits per heavy atom. The van der Waals surface area contributed by atoms with Gasteiger partial charge < -0.3 is 43.9 Å². The van der Waals surface area contributed by atoms with Gasteiger partial charge in [-0.3, -0.25) is 14.4 Å². The summed E-state index contributed by atoms with van der Waals surface area (Å²) in [5, 5.41) is 34.1. The average molecular weight is 804 g/mol. The average Bonchev–Trinajstić information content (AvgIpc) is 3.18. The third-order valence-electron chi connectivity index (χ3n) is 12.9. The zero-order chi connectivity index (χ0) is 42.2. The molecule has 2 saturated heterocycles. The van der Waals surface area contributed by atoms with Crippen LogP contribution in [0.4, 0.5) is 0 Å². The SMILES string of the molecule is C=CC[C@@H]1/C=C(\C)C[C@H](C)C[C@H](OC)[C@H]2OC(O)(C(=O)C(=O)N3CCCCC3C(=O)O[C@H](/C(C)=C/C3CCC(O)C(OC)C3)[C@H](C)C(O)CC1=O)C(C)C[C@@H]2OC. The van der Waals surface area contributed by atoms with E-state index in [1.54, 1.807) is 27.0 Å². The van der Waals surface area contributed by atoms with Crippen molar-refractivity contribution >= 4 is 23.4 Å². The minimum atomic E-state index is -2.51. The highest BCUT2D eigenvalue weighted by molar-refractivity contribution is 6.39. The summed E-state index contributed by atoms with van der Waals surface area (Å²) in [5.41, 5.74) is 1.61. The Balaban J connectivity index is 1.78. The first kappa shape index (κ1) is 46.9. The second-order valence-corrected chi connectivity index (χ2v) is 17.3. The van der Waals surface area contributed by atoms with Gasteiger partial charge in [-0.15, -0.1) is 6.58 Å². The normalized spacial score (nSPS) is 41.0. The van der Waals surface area contributed by atoms with Gasteiger partial charge in [0.1, 0.15) is 24.0 Å². The van der Waals surface area contributed by atoms with Crippen LogP contribution in [0.5, 0.6) is 0 Å². The van der Waals surface area contributed by atoms with Crippen molar-refractivity contribution in [3.8, 4) is 0 Å². The maximum absolute atomic E-state index is 14.3. The molecule has 1 saturated carbocycles. The number of piperidine rings is 1. The van der Waals surface area contributed by atoms with Crippen LogP contribution in [-0.2, 0) is 42.9 Å². The predicted molar refractivity (Wildman–Crippen MR) is 213 cm³/mol. The standard InChI is InChI=1S/C44H69NO12/c1-10-13-31-19-25(2)18-26(3)20-37(54-8)40-38(55-9)22-28(5)44(52,57-40)41(49)42(50)45-17-12-11-14-32(45)43(51)56-39(29(6)34(47)24-35(31)48)27(4)21-30-15-16-33(46)36(23-30)53-7/h10,19,21,26,28-34,36-40,46-47,52H,1,11-18,20,22-24H2,2-9H3/b25-19+,27-21+/t26-,28?,29+,30?,31+,32?,33?,34?,36?,37-,38-,39+,40+,44?/m0/s1. The molecule has 14 atom stereocenters. The molecule has 4 rings (SSSR count). The molecule has 7 unspecified atom stereocenters. The van der Waals surface area contributed by atoms with Crippen LogP contribution in [0, 0.1) is 29.6 Å². The van der Waals surface area contributed by atoms with E-state index in [1.165, 1.54) is 19.1 Å². The first-order valence-corrected chi connectivity index (χ1v) is 20.9. The van der Waals surface area contributed by atoms with Crippen molar-refractivity contribution in [3.63, 3.8) is 0 Å². The van der Waals surface area contributed by atoms with E-state index in [9.17, 15) is 34.5 Å². The molecule has 1 aliphatic carbocycles. The van der Waals surface area contributed by atoms with Gasteiger partial charge in [-0.25, -0.2) is 4.79 Å². The predicted octanol–water partition coefficient (Wildman–Crippen LogP) is 4.64. The fraction of sp³-hybridized carbons (Fsp3) is 0.773. The summed E-state index contributed by atoms with van der Waals surface area (Å²) in [7, 11) is 4.61. The molecule has 1 amide bonds. The molecule has 13 nitrogen and oxygen atoms in total. The Morgan fingerprint density at radius 1 is 0.930 bits per heavy atom. The lowest BCUT2D eigenvalue weighted by atomic mass is 9.81. The second-order valence-electron chi connectivity index (χ2n) is 17.3. The van der Waals surface area contributed by atoms with Crippen molar-refractivity contribution in [1.29, 1.82) is 0 Å². The molecule has 322 valence electrons. The van der Waals surface area contributed by atoms with Crippen LogP contribution in [-0.4, -0.2) is 126 Å². The third kappa shape index (κ3) is 11.3. The number of methoxy groups -OCH3 is 3. The number of cyclic esters (lactones) is 1. The molecule has 0 aromatic rings. The van der Waals surface area contributed by atoms with E-state index in [-0.39, 0.29) is 49.5 Å². The van der Waals surface area contributed by atoms with Crippen LogP contribution in [0.1, 0.15) is 105 Å². The zero-order valence-corrected chi connectivity index (χ0v) is 35.4. The highest BCUT2D eigenvalue weighted by Crippen LogP contribution is 2.39. The minimum absolute atomic E-state index is 0.00988. The third-order valence-corrected chi connectivity index (χ3v) is 12.9. The molecule has 0 aromatic carbocycles. The van der Waals surface area contributed by atoms with Gasteiger partial charge in [0.25, 0.3) is 11.7 Å². The number of amides is 1. The molecule has 0 radical (unpaired) electrons. The molecule has 0 aromatic heterocycles. The number of nitrogens with zero attached hydrogens (tertiary/aromatic N) is 1. The Bertz CT molecular complexity index is 1480. The number of aliphatic hydroxyl groups excluding tert-OH is 2. The van der Waals surface area contributed by atoms with Gasteiger partial charge in [0.2, 0.25) is 5.79 Å². The number of hydrogen-bond acceptors (Lipinski definition) is 12. The molecule has 3 aliphatic heterocycles. The molecule has 2 bridgehead atoms. The van der Waals surface area contributed by atoms with Crippen molar-refractivity contribution in [2.75, 3.05) is 27.9 Å². The lowest BCUT2D eigenvalue weighted by Gasteiger charge is -2.47. The quantitative estimate of drug-likeness (QED) is 0.185. The van der Waals surface area contributed by atoms with Crippen LogP contribution in [0.25, 0.3) is 0 Å². The van der Waals surface area contributed by atoms with Crippen LogP contribution >= 0.6 is 0 Å². The lowest BCUT2D eigenvalue weighted by molar-refractivity contribution is -0.302. The number of ether oxygens (including phenoxy) is 5. The minimum Gasteiger partial charge on any atom is -0.456 e. The van der Waals surface area contributed by atoms with Crippen molar-refractivity contribution < 1.29 is 58.2 Å². The van der Waals surface area contributed by atoms with Gasteiger partial charge in [0.05, 0.1) is 30.5 Å². The molecule has 4 aliphatic rings. The Morgan fingerprint density at radius 3 is 2.25 bits per heavy atom. The van der Waals surface area contributed by atoms with Gasteiger partial charge in [-0.05, 0) is 95.5 Å². The Hall–Kier alpha value is -2.78. The molecule has 3 heterocycles. The highest BCUT2D eigenvalue weighted by Gasteiger charge is 2.56. The number of carbonyl (C=O) groups is 4. The van der Waals surface area contributed by atoms with Crippen LogP contribution in [0.2, 0.25) is 0 Å². The molecular formula is C44H69NO12. The first-order valence-electron chi connectivity index (χ1n) is 20.9. The fourth-order valence-corrected chi connectivity index (χ4v) is 9.42. The smallest absolute Gasteiger partial charge is 0.329 e. The maximum atomic E-state index is 14.3. The number of fused-ring (bicyclic) bond motifs is 3. The Labute approximate surface area is 339 Å². The molecule has 3 N–H and O–H groups in total. The lowest BCUT2D eigenvalue weighted by Crippen LogP contribution is -2.64. The van der Waals surface area contributed by atoms with Gasteiger partial charge in [0, 0.05) is 52.0 Å². The second kappa shape index (κ2) is 21.0. The Kier molecular flexibility index (Phi) is 17.2. The van der Waals surface area contributed by atoms with E-state index >= 15 is 0 Å². The molecule has 57 heavy (non-hydrogen) atoms. The number of hydrogen-bond donors (Lipinski definition) is 3. The summed E-state index contributed by atoms with van der Waals surface area (Å²) in [5.74, 6) is -7.76. The summed E-state index contributed by atoms with van der Waals surface area (Å²) in [6, 6.07) is -1.14. The van der Waals surface area contributed by atoms with E-state index in [0.29, 0.717) is 56.9 Å². The van der Waals surface area contributed by atoms with Gasteiger partial charge in [-0.1, -0.05) is 44.6 Å². The number of carbonyl (C=O) groups excluding carboxylic acids is 4. The van der Waals surface area contributed by atoms with Gasteiger partial charge >= 0.3 is 5.97 Å². The zero-order valence-electron chi connectivity index (χ0n) is 35.4. The molecule has 13 heteroatoms. The van der Waals surface area contributed by atoms with Crippen LogP contribution < -0.4 is 0 Å². The number of allylic oxidation sites excluding steroid dienone is 4. The van der Waals surface area contributed by atoms with E-state index < -0.39 is 83.9 Å². The van der Waals surface area contributed by atoms with E-state index in [1.807, 2.05) is 32.9 Å². The maximum Gasteiger partial charge on any atom is 0.329 e. The van der Waals surface area contributed by atoms with Crippen LogP contribution in [0.15, 0.2) is 36.0 Å². The number of rotatable bonds is 7. The molecule has 0 spiro atoms. The van der Waals surface area contributed by atoms with Crippen molar-refractivity contribution in [2.24, 2.45) is 29.6 Å². The molecule has 3 fully saturated rings. The number of Topliss-reactive ketones (excluding diaryl/α,β-unsaturated/α-hetero) is 2. The van der Waals surface area contributed by atoms with Gasteiger partial charge in [0.15, 0.2) is 0 Å². The van der Waals surface area contributed by atoms with Crippen molar-refractivity contribution in [2.45, 2.75) is 160 Å². The van der Waals surface area contributed by atoms with E-state index in [2.05, 4.69) is 6.58 Å². The summed E-state index contributed by atoms with van der Waals surface area (Å²) >= 11 is 0. The van der Waals surface area contributed by atoms with Crippen molar-refractivity contribution in [3.05, 3.63) is 36.0 Å². The van der Waals surface area contributed by atoms with E-state index in [0.717, 1.165) is 5.57 Å². The molecular weight excluding hydrogens is 734 g/mol. The number of aliphatic hydroxyl groups is 3. The number of esters is 1. The monoisotopic (exact) mass is 803 g/mol. The topological polar surface area (TPSA) is 178 Å². The first-order chi connectivity index (χ1) is 27.0. The largest absolute Gasteiger partial charge is 0.456 e. The van der Waals surface area contributed by atoms with Gasteiger partial charge in [-0.2, -0.15) is 0 Å². The summed E-state index contributed by atoms with van der Waals surface area (Å²) in [4.78, 5) is 57.8. The highest BCUT2D eigenvalue weighted by atomic mass is 16.7. The van der Waals surface area contributed by atoms with Crippen molar-refractivity contribution in [1.82, 2.24) is 4.90 Å².